The number of benzene rings is 2. The maximum absolute atomic E-state index is 14.0. The Kier molecular flexibility index (Phi) is 6.52. The zero-order valence-corrected chi connectivity index (χ0v) is 19.3. The first-order chi connectivity index (χ1) is 15.8. The number of amides is 2. The highest BCUT2D eigenvalue weighted by Crippen LogP contribution is 2.39. The Labute approximate surface area is 198 Å². The van der Waals surface area contributed by atoms with Gasteiger partial charge in [0.15, 0.2) is 0 Å². The summed E-state index contributed by atoms with van der Waals surface area (Å²) in [7, 11) is 0. The largest absolute Gasteiger partial charge is 0.368 e. The minimum atomic E-state index is -0.619. The van der Waals surface area contributed by atoms with Crippen molar-refractivity contribution in [3.05, 3.63) is 70.6 Å². The van der Waals surface area contributed by atoms with Crippen LogP contribution >= 0.6 is 22.9 Å². The van der Waals surface area contributed by atoms with E-state index in [-0.39, 0.29) is 22.6 Å². The maximum atomic E-state index is 14.0. The molecule has 2 heterocycles. The van der Waals surface area contributed by atoms with Crippen LogP contribution in [0.4, 0.5) is 26.5 Å². The normalized spacial score (nSPS) is 10.9. The Balaban J connectivity index is 1.63. The van der Waals surface area contributed by atoms with Gasteiger partial charge in [-0.3, -0.25) is 0 Å². The average molecular weight is 483 g/mol. The second-order valence-corrected chi connectivity index (χ2v) is 8.94. The molecule has 0 aliphatic rings. The molecule has 2 aromatic heterocycles. The molecule has 0 fully saturated rings. The van der Waals surface area contributed by atoms with Crippen LogP contribution in [0, 0.1) is 5.82 Å². The van der Waals surface area contributed by atoms with Crippen molar-refractivity contribution < 1.29 is 9.18 Å². The topological polar surface area (TPSA) is 106 Å². The molecular weight excluding hydrogens is 463 g/mol. The molecule has 10 heteroatoms. The molecular formula is C23H20ClFN6OS. The minimum Gasteiger partial charge on any atom is -0.368 e. The van der Waals surface area contributed by atoms with Gasteiger partial charge < -0.3 is 16.4 Å². The first kappa shape index (κ1) is 22.6. The van der Waals surface area contributed by atoms with Crippen molar-refractivity contribution in [3.8, 4) is 21.8 Å². The molecule has 2 amide bonds. The lowest BCUT2D eigenvalue weighted by Gasteiger charge is -2.10. The summed E-state index contributed by atoms with van der Waals surface area (Å²) in [5.74, 6) is -0.229. The summed E-state index contributed by atoms with van der Waals surface area (Å²) in [6.45, 7) is 4.14. The number of nitrogen functional groups attached to an aromatic ring is 1. The second-order valence-electron chi connectivity index (χ2n) is 7.47. The molecule has 168 valence electrons. The molecule has 4 N–H and O–H groups in total. The van der Waals surface area contributed by atoms with Gasteiger partial charge in [-0.1, -0.05) is 37.6 Å². The van der Waals surface area contributed by atoms with Crippen LogP contribution in [0.3, 0.4) is 0 Å². The molecule has 0 spiro atoms. The van der Waals surface area contributed by atoms with Crippen molar-refractivity contribution in [1.29, 1.82) is 0 Å². The van der Waals surface area contributed by atoms with Gasteiger partial charge in [0.2, 0.25) is 5.95 Å². The summed E-state index contributed by atoms with van der Waals surface area (Å²) in [5.41, 5.74) is 8.51. The van der Waals surface area contributed by atoms with Gasteiger partial charge in [-0.05, 0) is 42.0 Å². The first-order valence-corrected chi connectivity index (χ1v) is 11.2. The fourth-order valence-corrected chi connectivity index (χ4v) is 4.30. The molecule has 0 saturated heterocycles. The van der Waals surface area contributed by atoms with E-state index in [4.69, 9.17) is 22.3 Å². The third-order valence-corrected chi connectivity index (χ3v) is 6.26. The lowest BCUT2D eigenvalue weighted by atomic mass is 10.1. The number of anilines is 3. The van der Waals surface area contributed by atoms with Crippen LogP contribution in [0.15, 0.2) is 54.7 Å². The van der Waals surface area contributed by atoms with Gasteiger partial charge >= 0.3 is 6.03 Å². The Bertz CT molecular complexity index is 1330. The number of hydrogen-bond acceptors (Lipinski definition) is 6. The van der Waals surface area contributed by atoms with Crippen LogP contribution in [0.25, 0.3) is 21.8 Å². The van der Waals surface area contributed by atoms with Gasteiger partial charge in [-0.2, -0.15) is 0 Å². The smallest absolute Gasteiger partial charge is 0.323 e. The monoisotopic (exact) mass is 482 g/mol. The molecule has 0 bridgehead atoms. The van der Waals surface area contributed by atoms with Crippen molar-refractivity contribution in [2.75, 3.05) is 16.4 Å². The van der Waals surface area contributed by atoms with E-state index in [2.05, 4.69) is 34.4 Å². The summed E-state index contributed by atoms with van der Waals surface area (Å²) in [6, 6.07) is 12.5. The van der Waals surface area contributed by atoms with E-state index in [1.165, 1.54) is 12.1 Å². The van der Waals surface area contributed by atoms with Crippen LogP contribution in [-0.2, 0) is 0 Å². The quantitative estimate of drug-likeness (QED) is 0.305. The third kappa shape index (κ3) is 5.27. The molecule has 33 heavy (non-hydrogen) atoms. The number of urea groups is 1. The zero-order chi connectivity index (χ0) is 23.5. The summed E-state index contributed by atoms with van der Waals surface area (Å²) in [6.07, 6.45) is 1.59. The van der Waals surface area contributed by atoms with E-state index in [1.807, 2.05) is 18.2 Å². The number of carbonyl (C=O) groups is 1. The summed E-state index contributed by atoms with van der Waals surface area (Å²) >= 11 is 7.31. The van der Waals surface area contributed by atoms with Gasteiger partial charge in [0, 0.05) is 22.8 Å². The number of aromatic nitrogens is 3. The Morgan fingerprint density at radius 3 is 2.67 bits per heavy atom. The van der Waals surface area contributed by atoms with Gasteiger partial charge in [0.25, 0.3) is 0 Å². The zero-order valence-electron chi connectivity index (χ0n) is 17.8. The number of halogens is 2. The minimum absolute atomic E-state index is 0.0284. The number of nitrogens with one attached hydrogen (secondary N) is 2. The number of nitrogens with zero attached hydrogens (tertiary/aromatic N) is 3. The number of nitrogens with two attached hydrogens (primary N) is 1. The van der Waals surface area contributed by atoms with Crippen molar-refractivity contribution in [2.24, 2.45) is 0 Å². The highest BCUT2D eigenvalue weighted by Gasteiger charge is 2.18. The number of rotatable bonds is 5. The molecule has 4 aromatic rings. The van der Waals surface area contributed by atoms with Gasteiger partial charge in [0.05, 0.1) is 21.3 Å². The van der Waals surface area contributed by atoms with Crippen LogP contribution in [0.1, 0.15) is 24.8 Å². The van der Waals surface area contributed by atoms with Crippen LogP contribution in [0.5, 0.6) is 0 Å². The Morgan fingerprint density at radius 2 is 1.94 bits per heavy atom. The van der Waals surface area contributed by atoms with E-state index in [9.17, 15) is 9.18 Å². The van der Waals surface area contributed by atoms with Gasteiger partial charge in [-0.15, -0.1) is 11.3 Å². The predicted octanol–water partition coefficient (Wildman–Crippen LogP) is 6.41. The number of thiazole rings is 1. The summed E-state index contributed by atoms with van der Waals surface area (Å²) in [5, 5.41) is 6.41. The third-order valence-electron chi connectivity index (χ3n) is 4.62. The summed E-state index contributed by atoms with van der Waals surface area (Å²) in [4.78, 5) is 26.4. The van der Waals surface area contributed by atoms with E-state index in [0.717, 1.165) is 21.5 Å². The molecule has 4 rings (SSSR count). The molecule has 2 aromatic carbocycles. The van der Waals surface area contributed by atoms with Crippen molar-refractivity contribution in [2.45, 2.75) is 19.8 Å². The highest BCUT2D eigenvalue weighted by molar-refractivity contribution is 7.15. The van der Waals surface area contributed by atoms with Crippen molar-refractivity contribution in [3.63, 3.8) is 0 Å². The van der Waals surface area contributed by atoms with E-state index in [0.29, 0.717) is 17.1 Å². The molecule has 0 radical (unpaired) electrons. The highest BCUT2D eigenvalue weighted by atomic mass is 35.5. The maximum Gasteiger partial charge on any atom is 0.323 e. The van der Waals surface area contributed by atoms with Crippen molar-refractivity contribution >= 4 is 46.3 Å². The van der Waals surface area contributed by atoms with Gasteiger partial charge in [0.1, 0.15) is 11.5 Å². The van der Waals surface area contributed by atoms with E-state index in [1.54, 1.807) is 29.7 Å². The summed E-state index contributed by atoms with van der Waals surface area (Å²) < 4.78 is 14.0. The molecule has 7 nitrogen and oxygen atoms in total. The van der Waals surface area contributed by atoms with Crippen LogP contribution in [0.2, 0.25) is 5.02 Å². The standard InChI is InChI=1S/C23H20ClFN6OS/c1-12(2)21-31-19(18-8-9-27-22(26)29-18)20(33-21)13-4-3-5-15(10-13)28-23(32)30-17-7-6-14(24)11-16(17)25/h3-12H,1-2H3,(H2,26,27,29)(H2,28,30,32). The fourth-order valence-electron chi connectivity index (χ4n) is 3.07. The SMILES string of the molecule is CC(C)c1nc(-c2ccnc(N)n2)c(-c2cccc(NC(=O)Nc3ccc(Cl)cc3F)c2)s1. The van der Waals surface area contributed by atoms with Gasteiger partial charge in [-0.25, -0.2) is 24.1 Å². The number of hydrogen-bond donors (Lipinski definition) is 3. The first-order valence-electron chi connectivity index (χ1n) is 10.0. The molecule has 0 aliphatic heterocycles. The molecule has 0 unspecified atom stereocenters. The second kappa shape index (κ2) is 9.51. The predicted molar refractivity (Wildman–Crippen MR) is 131 cm³/mol. The van der Waals surface area contributed by atoms with Crippen molar-refractivity contribution in [1.82, 2.24) is 15.0 Å². The molecule has 0 aliphatic carbocycles. The Hall–Kier alpha value is -3.56. The fraction of sp³-hybridized carbons (Fsp3) is 0.130. The lowest BCUT2D eigenvalue weighted by molar-refractivity contribution is 0.262. The van der Waals surface area contributed by atoms with E-state index >= 15 is 0 Å². The molecule has 0 saturated carbocycles. The average Bonchev–Trinajstić information content (AvgIpc) is 3.22. The van der Waals surface area contributed by atoms with E-state index < -0.39 is 11.8 Å². The number of carbonyl (C=O) groups excluding carboxylic acids is 1. The Morgan fingerprint density at radius 1 is 1.12 bits per heavy atom. The van der Waals surface area contributed by atoms with Crippen LogP contribution in [-0.4, -0.2) is 21.0 Å². The van der Waals surface area contributed by atoms with Crippen LogP contribution < -0.4 is 16.4 Å². The lowest BCUT2D eigenvalue weighted by Crippen LogP contribution is -2.20. The molecule has 0 atom stereocenters.